The second-order valence-corrected chi connectivity index (χ2v) is 13.4. The molecule has 6 aliphatic rings. The van der Waals surface area contributed by atoms with Crippen molar-refractivity contribution in [2.75, 3.05) is 6.54 Å². The van der Waals surface area contributed by atoms with Gasteiger partial charge in [-0.1, -0.05) is 39.3 Å². The molecule has 0 radical (unpaired) electrons. The first-order valence-electron chi connectivity index (χ1n) is 13.8. The average Bonchev–Trinajstić information content (AvgIpc) is 3.20. The van der Waals surface area contributed by atoms with Gasteiger partial charge in [0.15, 0.2) is 0 Å². The zero-order valence-corrected chi connectivity index (χ0v) is 21.1. The fourth-order valence-corrected chi connectivity index (χ4v) is 10.7. The Balaban J connectivity index is 1.27. The number of hydrogen-bond donors (Lipinski definition) is 0. The molecular formula is C29H45NO2. The predicted octanol–water partition coefficient (Wildman–Crippen LogP) is 6.23. The molecule has 4 aliphatic carbocycles. The van der Waals surface area contributed by atoms with Crippen molar-refractivity contribution in [1.29, 1.82) is 0 Å². The minimum Gasteiger partial charge on any atom is -0.462 e. The third kappa shape index (κ3) is 2.91. The average molecular weight is 440 g/mol. The molecular weight excluding hydrogens is 394 g/mol. The van der Waals surface area contributed by atoms with Crippen molar-refractivity contribution in [3.63, 3.8) is 0 Å². The van der Waals surface area contributed by atoms with Gasteiger partial charge in [0.25, 0.3) is 0 Å². The van der Waals surface area contributed by atoms with E-state index in [4.69, 9.17) is 4.74 Å². The van der Waals surface area contributed by atoms with Crippen LogP contribution in [0.15, 0.2) is 11.6 Å². The zero-order chi connectivity index (χ0) is 22.4. The standard InChI is InChI=1S/C29H45NO2/c1-17-6-9-25-18(2)27-26(30(25)16-17)15-24-22-8-7-20-14-21(32-19(3)31)10-12-28(20,4)23(22)11-13-29(24,27)5/h7,17-18,21-27H,6,8-16H2,1-5H3/t17-,18+,21+,22+,23-,24-,25-,26-,27-,28+,29+/m1/s1. The molecule has 11 atom stereocenters. The smallest absolute Gasteiger partial charge is 0.302 e. The van der Waals surface area contributed by atoms with Crippen molar-refractivity contribution < 1.29 is 9.53 Å². The van der Waals surface area contributed by atoms with Crippen molar-refractivity contribution in [1.82, 2.24) is 4.90 Å². The van der Waals surface area contributed by atoms with Gasteiger partial charge in [0.05, 0.1) is 0 Å². The third-order valence-electron chi connectivity index (χ3n) is 12.0. The van der Waals surface area contributed by atoms with Crippen LogP contribution in [0.3, 0.4) is 0 Å². The summed E-state index contributed by atoms with van der Waals surface area (Å²) < 4.78 is 5.64. The number of allylic oxidation sites excluding steroid dienone is 1. The molecule has 2 saturated heterocycles. The molecule has 0 amide bonds. The van der Waals surface area contributed by atoms with E-state index in [2.05, 4.69) is 38.7 Å². The first kappa shape index (κ1) is 21.7. The fourth-order valence-electron chi connectivity index (χ4n) is 10.7. The molecule has 2 heterocycles. The fraction of sp³-hybridized carbons (Fsp3) is 0.897. The number of esters is 1. The van der Waals surface area contributed by atoms with Gasteiger partial charge in [0, 0.05) is 32.0 Å². The molecule has 5 fully saturated rings. The lowest BCUT2D eigenvalue weighted by Gasteiger charge is -2.58. The largest absolute Gasteiger partial charge is 0.462 e. The van der Waals surface area contributed by atoms with Crippen LogP contribution in [0.5, 0.6) is 0 Å². The Morgan fingerprint density at radius 2 is 1.88 bits per heavy atom. The molecule has 0 spiro atoms. The summed E-state index contributed by atoms with van der Waals surface area (Å²) in [7, 11) is 0. The Morgan fingerprint density at radius 1 is 1.06 bits per heavy atom. The molecule has 3 nitrogen and oxygen atoms in total. The number of carbonyl (C=O) groups is 1. The molecule has 2 aliphatic heterocycles. The Morgan fingerprint density at radius 3 is 2.66 bits per heavy atom. The minimum absolute atomic E-state index is 0.113. The van der Waals surface area contributed by atoms with Crippen LogP contribution in [0.1, 0.15) is 92.4 Å². The summed E-state index contributed by atoms with van der Waals surface area (Å²) in [5.41, 5.74) is 2.51. The summed E-state index contributed by atoms with van der Waals surface area (Å²) in [6, 6.07) is 1.72. The molecule has 0 bridgehead atoms. The van der Waals surface area contributed by atoms with E-state index in [-0.39, 0.29) is 12.1 Å². The van der Waals surface area contributed by atoms with E-state index in [1.807, 2.05) is 0 Å². The van der Waals surface area contributed by atoms with E-state index in [1.165, 1.54) is 51.5 Å². The zero-order valence-electron chi connectivity index (χ0n) is 21.1. The summed E-state index contributed by atoms with van der Waals surface area (Å²) in [5.74, 6) is 5.17. The lowest BCUT2D eigenvalue weighted by molar-refractivity contribution is -0.148. The van der Waals surface area contributed by atoms with Crippen molar-refractivity contribution in [2.24, 2.45) is 46.3 Å². The second kappa shape index (κ2) is 7.33. The monoisotopic (exact) mass is 439 g/mol. The van der Waals surface area contributed by atoms with Gasteiger partial charge in [0.1, 0.15) is 6.10 Å². The summed E-state index contributed by atoms with van der Waals surface area (Å²) in [6.07, 6.45) is 14.4. The van der Waals surface area contributed by atoms with E-state index in [0.717, 1.165) is 60.4 Å². The molecule has 0 aromatic rings. The van der Waals surface area contributed by atoms with E-state index in [9.17, 15) is 4.79 Å². The van der Waals surface area contributed by atoms with Crippen molar-refractivity contribution in [2.45, 2.75) is 111 Å². The number of carbonyl (C=O) groups excluding carboxylic acids is 1. The number of nitrogens with zero attached hydrogens (tertiary/aromatic N) is 1. The van der Waals surface area contributed by atoms with Crippen LogP contribution >= 0.6 is 0 Å². The predicted molar refractivity (Wildman–Crippen MR) is 128 cm³/mol. The highest BCUT2D eigenvalue weighted by molar-refractivity contribution is 5.66. The Hall–Kier alpha value is -0.830. The maximum atomic E-state index is 11.5. The number of piperidine rings is 1. The summed E-state index contributed by atoms with van der Waals surface area (Å²) in [4.78, 5) is 14.5. The van der Waals surface area contributed by atoms with E-state index >= 15 is 0 Å². The van der Waals surface area contributed by atoms with Gasteiger partial charge < -0.3 is 4.74 Å². The van der Waals surface area contributed by atoms with Gasteiger partial charge in [0.2, 0.25) is 0 Å². The first-order valence-corrected chi connectivity index (χ1v) is 13.8. The Kier molecular flexibility index (Phi) is 4.97. The highest BCUT2D eigenvalue weighted by Gasteiger charge is 2.66. The second-order valence-electron chi connectivity index (χ2n) is 13.4. The Labute approximate surface area is 195 Å². The number of fused-ring (bicyclic) bond motifs is 9. The highest BCUT2D eigenvalue weighted by Crippen LogP contribution is 2.69. The summed E-state index contributed by atoms with van der Waals surface area (Å²) in [5, 5.41) is 0. The van der Waals surface area contributed by atoms with Crippen molar-refractivity contribution >= 4 is 5.97 Å². The molecule has 0 unspecified atom stereocenters. The molecule has 178 valence electrons. The molecule has 3 saturated carbocycles. The third-order valence-corrected chi connectivity index (χ3v) is 12.0. The first-order chi connectivity index (χ1) is 15.2. The molecule has 6 rings (SSSR count). The SMILES string of the molecule is CC(=O)O[C@H]1CC[C@@]2(C)C(=CC[C@@H]3[C@H]4C[C@@H]5[C@@H]([C@@H](C)[C@H]6CC[C@@H](C)CN65)[C@@]4(C)CC[C@H]32)C1. The van der Waals surface area contributed by atoms with Gasteiger partial charge in [-0.15, -0.1) is 0 Å². The normalized spacial score (nSPS) is 54.5. The summed E-state index contributed by atoms with van der Waals surface area (Å²) in [6.45, 7) is 13.3. The lowest BCUT2D eigenvalue weighted by atomic mass is 9.47. The highest BCUT2D eigenvalue weighted by atomic mass is 16.5. The quantitative estimate of drug-likeness (QED) is 0.358. The van der Waals surface area contributed by atoms with E-state index in [1.54, 1.807) is 12.5 Å². The topological polar surface area (TPSA) is 29.5 Å². The maximum Gasteiger partial charge on any atom is 0.302 e. The van der Waals surface area contributed by atoms with Crippen LogP contribution in [-0.4, -0.2) is 35.6 Å². The van der Waals surface area contributed by atoms with Gasteiger partial charge in [-0.2, -0.15) is 0 Å². The van der Waals surface area contributed by atoms with Crippen LogP contribution in [-0.2, 0) is 9.53 Å². The van der Waals surface area contributed by atoms with Gasteiger partial charge in [-0.05, 0) is 97.7 Å². The number of ether oxygens (including phenoxy) is 1. The maximum absolute atomic E-state index is 11.5. The van der Waals surface area contributed by atoms with Crippen LogP contribution in [0, 0.1) is 46.3 Å². The van der Waals surface area contributed by atoms with Gasteiger partial charge in [-0.3, -0.25) is 9.69 Å². The molecule has 3 heteroatoms. The number of rotatable bonds is 1. The molecule has 32 heavy (non-hydrogen) atoms. The molecule has 0 aromatic carbocycles. The van der Waals surface area contributed by atoms with Gasteiger partial charge >= 0.3 is 5.97 Å². The van der Waals surface area contributed by atoms with Crippen LogP contribution < -0.4 is 0 Å². The van der Waals surface area contributed by atoms with Crippen LogP contribution in [0.4, 0.5) is 0 Å². The van der Waals surface area contributed by atoms with Crippen molar-refractivity contribution in [3.8, 4) is 0 Å². The van der Waals surface area contributed by atoms with E-state index < -0.39 is 0 Å². The Bertz CT molecular complexity index is 820. The number of hydrogen-bond acceptors (Lipinski definition) is 3. The van der Waals surface area contributed by atoms with E-state index in [0.29, 0.717) is 10.8 Å². The van der Waals surface area contributed by atoms with Gasteiger partial charge in [-0.25, -0.2) is 0 Å². The van der Waals surface area contributed by atoms with Crippen LogP contribution in [0.2, 0.25) is 0 Å². The summed E-state index contributed by atoms with van der Waals surface area (Å²) >= 11 is 0. The molecule has 0 N–H and O–H groups in total. The minimum atomic E-state index is -0.113. The lowest BCUT2D eigenvalue weighted by Crippen LogP contribution is -2.51. The van der Waals surface area contributed by atoms with Crippen LogP contribution in [0.25, 0.3) is 0 Å². The van der Waals surface area contributed by atoms with Crippen molar-refractivity contribution in [3.05, 3.63) is 11.6 Å². The molecule has 0 aromatic heterocycles.